The molecule has 66 valence electrons. The second-order valence-corrected chi connectivity index (χ2v) is 2.78. The molecule has 0 fully saturated rings. The number of anilines is 1. The minimum atomic E-state index is -0.0753. The summed E-state index contributed by atoms with van der Waals surface area (Å²) in [5, 5.41) is 2.73. The highest BCUT2D eigenvalue weighted by atomic mass is 16.2. The first-order valence-electron chi connectivity index (χ1n) is 4.17. The first kappa shape index (κ1) is 7.86. The number of amides is 2. The quantitative estimate of drug-likeness (QED) is 0.690. The third kappa shape index (κ3) is 1.54. The van der Waals surface area contributed by atoms with Crippen molar-refractivity contribution in [2.75, 3.05) is 11.4 Å². The first-order chi connectivity index (χ1) is 6.38. The maximum absolute atomic E-state index is 11.4. The normalized spacial score (nSPS) is 15.7. The van der Waals surface area contributed by atoms with Crippen molar-refractivity contribution in [2.24, 2.45) is 0 Å². The van der Waals surface area contributed by atoms with E-state index in [9.17, 15) is 4.79 Å². The van der Waals surface area contributed by atoms with Crippen LogP contribution in [0.25, 0.3) is 0 Å². The van der Waals surface area contributed by atoms with Crippen LogP contribution in [-0.4, -0.2) is 12.6 Å². The molecule has 0 atom stereocenters. The standard InChI is InChI=1S/C10H10N2O/c13-10-11-7-4-8-12(10)9-5-2-1-3-6-9/h1-6,8H,7H2,(H,11,13). The molecule has 1 aromatic rings. The van der Waals surface area contributed by atoms with Gasteiger partial charge in [0.1, 0.15) is 0 Å². The molecular weight excluding hydrogens is 164 g/mol. The van der Waals surface area contributed by atoms with Gasteiger partial charge in [0.15, 0.2) is 0 Å². The van der Waals surface area contributed by atoms with Gasteiger partial charge in [0.25, 0.3) is 0 Å². The van der Waals surface area contributed by atoms with Crippen molar-refractivity contribution in [1.82, 2.24) is 5.32 Å². The molecule has 3 heteroatoms. The predicted molar refractivity (Wildman–Crippen MR) is 51.5 cm³/mol. The molecule has 1 heterocycles. The molecule has 1 N–H and O–H groups in total. The fourth-order valence-corrected chi connectivity index (χ4v) is 1.25. The maximum Gasteiger partial charge on any atom is 0.326 e. The minimum absolute atomic E-state index is 0.0753. The van der Waals surface area contributed by atoms with Crippen LogP contribution in [0.1, 0.15) is 0 Å². The van der Waals surface area contributed by atoms with Crippen molar-refractivity contribution in [1.29, 1.82) is 0 Å². The molecule has 1 aromatic carbocycles. The van der Waals surface area contributed by atoms with Crippen LogP contribution in [0.5, 0.6) is 0 Å². The van der Waals surface area contributed by atoms with Crippen LogP contribution in [0.15, 0.2) is 42.6 Å². The second kappa shape index (κ2) is 3.31. The molecule has 0 saturated heterocycles. The highest BCUT2D eigenvalue weighted by Gasteiger charge is 2.13. The Bertz CT molecular complexity index is 332. The van der Waals surface area contributed by atoms with E-state index < -0.39 is 0 Å². The predicted octanol–water partition coefficient (Wildman–Crippen LogP) is 1.73. The van der Waals surface area contributed by atoms with E-state index in [0.717, 1.165) is 5.69 Å². The van der Waals surface area contributed by atoms with Crippen molar-refractivity contribution in [3.8, 4) is 0 Å². The van der Waals surface area contributed by atoms with Crippen molar-refractivity contribution in [3.05, 3.63) is 42.6 Å². The van der Waals surface area contributed by atoms with Crippen LogP contribution in [0.3, 0.4) is 0 Å². The summed E-state index contributed by atoms with van der Waals surface area (Å²) in [6.45, 7) is 0.613. The molecule has 2 rings (SSSR count). The lowest BCUT2D eigenvalue weighted by Gasteiger charge is -2.21. The number of nitrogens with one attached hydrogen (secondary N) is 1. The van der Waals surface area contributed by atoms with Crippen LogP contribution in [0, 0.1) is 0 Å². The molecule has 0 saturated carbocycles. The summed E-state index contributed by atoms with van der Waals surface area (Å²) in [7, 11) is 0. The third-order valence-electron chi connectivity index (χ3n) is 1.88. The summed E-state index contributed by atoms with van der Waals surface area (Å²) in [6.07, 6.45) is 3.70. The van der Waals surface area contributed by atoms with Crippen LogP contribution >= 0.6 is 0 Å². The van der Waals surface area contributed by atoms with Gasteiger partial charge in [-0.05, 0) is 18.2 Å². The van der Waals surface area contributed by atoms with Gasteiger partial charge >= 0.3 is 6.03 Å². The van der Waals surface area contributed by atoms with E-state index in [0.29, 0.717) is 6.54 Å². The van der Waals surface area contributed by atoms with E-state index in [1.807, 2.05) is 36.4 Å². The Balaban J connectivity index is 2.30. The summed E-state index contributed by atoms with van der Waals surface area (Å²) in [5.41, 5.74) is 0.885. The number of carbonyl (C=O) groups excluding carboxylic acids is 1. The van der Waals surface area contributed by atoms with Gasteiger partial charge in [-0.15, -0.1) is 0 Å². The average Bonchev–Trinajstić information content (AvgIpc) is 2.20. The summed E-state index contributed by atoms with van der Waals surface area (Å²) in [4.78, 5) is 12.9. The number of nitrogens with zero attached hydrogens (tertiary/aromatic N) is 1. The lowest BCUT2D eigenvalue weighted by molar-refractivity contribution is 0.248. The molecule has 0 aliphatic carbocycles. The SMILES string of the molecule is O=C1NCC=CN1c1ccccc1. The zero-order valence-electron chi connectivity index (χ0n) is 7.10. The molecule has 13 heavy (non-hydrogen) atoms. The van der Waals surface area contributed by atoms with Crippen molar-refractivity contribution in [3.63, 3.8) is 0 Å². The molecule has 3 nitrogen and oxygen atoms in total. The molecule has 2 amide bonds. The largest absolute Gasteiger partial charge is 0.334 e. The number of urea groups is 1. The van der Waals surface area contributed by atoms with Crippen LogP contribution in [-0.2, 0) is 0 Å². The van der Waals surface area contributed by atoms with Gasteiger partial charge in [0.2, 0.25) is 0 Å². The number of para-hydroxylation sites is 1. The molecular formula is C10H10N2O. The average molecular weight is 174 g/mol. The number of benzene rings is 1. The Morgan fingerprint density at radius 2 is 2.00 bits per heavy atom. The van der Waals surface area contributed by atoms with Crippen molar-refractivity contribution < 1.29 is 4.79 Å². The highest BCUT2D eigenvalue weighted by Crippen LogP contribution is 2.14. The highest BCUT2D eigenvalue weighted by molar-refractivity contribution is 5.94. The minimum Gasteiger partial charge on any atom is -0.334 e. The van der Waals surface area contributed by atoms with Gasteiger partial charge in [0, 0.05) is 12.7 Å². The molecule has 1 aliphatic heterocycles. The van der Waals surface area contributed by atoms with Gasteiger partial charge in [-0.2, -0.15) is 0 Å². The lowest BCUT2D eigenvalue weighted by atomic mass is 10.3. The smallest absolute Gasteiger partial charge is 0.326 e. The van der Waals surface area contributed by atoms with Crippen molar-refractivity contribution >= 4 is 11.7 Å². The Hall–Kier alpha value is -1.77. The maximum atomic E-state index is 11.4. The number of carbonyl (C=O) groups is 1. The molecule has 0 radical (unpaired) electrons. The summed E-state index contributed by atoms with van der Waals surface area (Å²) in [6, 6.07) is 9.46. The number of hydrogen-bond acceptors (Lipinski definition) is 1. The Kier molecular flexibility index (Phi) is 2.00. The molecule has 0 unspecified atom stereocenters. The molecule has 1 aliphatic rings. The first-order valence-corrected chi connectivity index (χ1v) is 4.17. The fourth-order valence-electron chi connectivity index (χ4n) is 1.25. The number of hydrogen-bond donors (Lipinski definition) is 1. The van der Waals surface area contributed by atoms with Crippen LogP contribution in [0.2, 0.25) is 0 Å². The lowest BCUT2D eigenvalue weighted by Crippen LogP contribution is -2.39. The fraction of sp³-hybridized carbons (Fsp3) is 0.100. The van der Waals surface area contributed by atoms with Gasteiger partial charge in [0.05, 0.1) is 5.69 Å². The van der Waals surface area contributed by atoms with E-state index in [1.54, 1.807) is 11.1 Å². The zero-order chi connectivity index (χ0) is 9.10. The molecule has 0 bridgehead atoms. The Morgan fingerprint density at radius 1 is 1.23 bits per heavy atom. The summed E-state index contributed by atoms with van der Waals surface area (Å²) in [5.74, 6) is 0. The van der Waals surface area contributed by atoms with Gasteiger partial charge in [-0.1, -0.05) is 18.2 Å². The van der Waals surface area contributed by atoms with Crippen LogP contribution < -0.4 is 10.2 Å². The van der Waals surface area contributed by atoms with E-state index in [1.165, 1.54) is 0 Å². The van der Waals surface area contributed by atoms with E-state index in [4.69, 9.17) is 0 Å². The molecule has 0 spiro atoms. The van der Waals surface area contributed by atoms with E-state index in [-0.39, 0.29) is 6.03 Å². The summed E-state index contributed by atoms with van der Waals surface area (Å²) >= 11 is 0. The topological polar surface area (TPSA) is 32.3 Å². The monoisotopic (exact) mass is 174 g/mol. The number of rotatable bonds is 1. The van der Waals surface area contributed by atoms with E-state index >= 15 is 0 Å². The Morgan fingerprint density at radius 3 is 2.69 bits per heavy atom. The van der Waals surface area contributed by atoms with Gasteiger partial charge in [-0.25, -0.2) is 4.79 Å². The third-order valence-corrected chi connectivity index (χ3v) is 1.88. The molecule has 0 aromatic heterocycles. The van der Waals surface area contributed by atoms with Crippen LogP contribution in [0.4, 0.5) is 10.5 Å². The van der Waals surface area contributed by atoms with E-state index in [2.05, 4.69) is 5.32 Å². The second-order valence-electron chi connectivity index (χ2n) is 2.78. The zero-order valence-corrected chi connectivity index (χ0v) is 7.10. The Labute approximate surface area is 76.7 Å². The van der Waals surface area contributed by atoms with Crippen molar-refractivity contribution in [2.45, 2.75) is 0 Å². The summed E-state index contributed by atoms with van der Waals surface area (Å²) < 4.78 is 0. The van der Waals surface area contributed by atoms with Gasteiger partial charge < -0.3 is 5.32 Å². The van der Waals surface area contributed by atoms with Gasteiger partial charge in [-0.3, -0.25) is 4.90 Å².